The van der Waals surface area contributed by atoms with Crippen LogP contribution in [0.3, 0.4) is 0 Å². The Labute approximate surface area is 124 Å². The first-order chi connectivity index (χ1) is 9.85. The van der Waals surface area contributed by atoms with Crippen LogP contribution in [0.15, 0.2) is 24.5 Å². The zero-order valence-electron chi connectivity index (χ0n) is 12.2. The van der Waals surface area contributed by atoms with Gasteiger partial charge in [0.25, 0.3) is 0 Å². The second-order valence-corrected chi connectivity index (χ2v) is 5.69. The lowest BCUT2D eigenvalue weighted by molar-refractivity contribution is 0.531. The zero-order valence-corrected chi connectivity index (χ0v) is 13.0. The van der Waals surface area contributed by atoms with E-state index in [1.54, 1.807) is 0 Å². The Kier molecular flexibility index (Phi) is 6.08. The summed E-state index contributed by atoms with van der Waals surface area (Å²) in [6.07, 6.45) is 7.90. The lowest BCUT2D eigenvalue weighted by atomic mass is 10.0. The van der Waals surface area contributed by atoms with Crippen LogP contribution in [0.5, 0.6) is 0 Å². The van der Waals surface area contributed by atoms with Gasteiger partial charge in [0.1, 0.15) is 0 Å². The number of nitrogens with zero attached hydrogens (tertiary/aromatic N) is 3. The number of hydrogen-bond acceptors (Lipinski definition) is 5. The molecule has 0 aliphatic carbocycles. The quantitative estimate of drug-likeness (QED) is 0.811. The molecule has 0 spiro atoms. The van der Waals surface area contributed by atoms with Gasteiger partial charge < -0.3 is 5.32 Å². The van der Waals surface area contributed by atoms with Crippen molar-refractivity contribution in [2.75, 3.05) is 6.54 Å². The summed E-state index contributed by atoms with van der Waals surface area (Å²) in [5, 5.41) is 7.92. The molecule has 0 aliphatic heterocycles. The Hall–Kier alpha value is -1.33. The fourth-order valence-electron chi connectivity index (χ4n) is 2.22. The van der Waals surface area contributed by atoms with Crippen molar-refractivity contribution in [3.05, 3.63) is 40.7 Å². The van der Waals surface area contributed by atoms with Gasteiger partial charge in [0.15, 0.2) is 0 Å². The monoisotopic (exact) mass is 290 g/mol. The average Bonchev–Trinajstić information content (AvgIpc) is 2.93. The first-order valence-electron chi connectivity index (χ1n) is 7.28. The highest BCUT2D eigenvalue weighted by molar-refractivity contribution is 7.05. The minimum Gasteiger partial charge on any atom is -0.309 e. The molecule has 0 fully saturated rings. The highest BCUT2D eigenvalue weighted by atomic mass is 32.1. The number of aryl methyl sites for hydroxylation is 1. The summed E-state index contributed by atoms with van der Waals surface area (Å²) in [4.78, 5) is 5.37. The van der Waals surface area contributed by atoms with Gasteiger partial charge in [-0.05, 0) is 55.0 Å². The molecular weight excluding hydrogens is 268 g/mol. The maximum atomic E-state index is 4.29. The van der Waals surface area contributed by atoms with Crippen LogP contribution >= 0.6 is 11.5 Å². The number of rotatable bonds is 8. The van der Waals surface area contributed by atoms with Crippen molar-refractivity contribution in [1.82, 2.24) is 19.9 Å². The molecule has 2 rings (SSSR count). The van der Waals surface area contributed by atoms with E-state index in [1.165, 1.54) is 22.0 Å². The summed E-state index contributed by atoms with van der Waals surface area (Å²) >= 11 is 1.53. The molecule has 20 heavy (non-hydrogen) atoms. The van der Waals surface area contributed by atoms with E-state index in [2.05, 4.69) is 45.9 Å². The minimum atomic E-state index is 0.305. The summed E-state index contributed by atoms with van der Waals surface area (Å²) in [5.74, 6) is 0. The van der Waals surface area contributed by atoms with Crippen molar-refractivity contribution in [3.63, 3.8) is 0 Å². The summed E-state index contributed by atoms with van der Waals surface area (Å²) in [6, 6.07) is 4.46. The molecule has 5 heteroatoms. The maximum Gasteiger partial charge on any atom is 0.0803 e. The van der Waals surface area contributed by atoms with Gasteiger partial charge in [-0.1, -0.05) is 24.8 Å². The molecule has 0 aliphatic rings. The van der Waals surface area contributed by atoms with Crippen molar-refractivity contribution >= 4 is 11.5 Å². The standard InChI is InChI=1S/C15H22N4S/c1-3-5-13-15(20-19-18-13)14(17-8-4-2)11-12-6-9-16-10-7-12/h6-7,9-10,14,17H,3-5,8,11H2,1-2H3. The van der Waals surface area contributed by atoms with E-state index >= 15 is 0 Å². The largest absolute Gasteiger partial charge is 0.309 e. The van der Waals surface area contributed by atoms with Crippen LogP contribution in [-0.4, -0.2) is 21.1 Å². The molecule has 0 saturated carbocycles. The lowest BCUT2D eigenvalue weighted by Crippen LogP contribution is -2.24. The minimum absolute atomic E-state index is 0.305. The number of aromatic nitrogens is 3. The molecule has 1 N–H and O–H groups in total. The molecule has 1 unspecified atom stereocenters. The smallest absolute Gasteiger partial charge is 0.0803 e. The van der Waals surface area contributed by atoms with Gasteiger partial charge in [-0.2, -0.15) is 0 Å². The highest BCUT2D eigenvalue weighted by Crippen LogP contribution is 2.25. The van der Waals surface area contributed by atoms with E-state index in [0.29, 0.717) is 6.04 Å². The first-order valence-corrected chi connectivity index (χ1v) is 8.05. The average molecular weight is 290 g/mol. The number of nitrogens with one attached hydrogen (secondary N) is 1. The van der Waals surface area contributed by atoms with Crippen LogP contribution in [0.25, 0.3) is 0 Å². The van der Waals surface area contributed by atoms with Crippen molar-refractivity contribution in [2.24, 2.45) is 0 Å². The molecule has 4 nitrogen and oxygen atoms in total. The highest BCUT2D eigenvalue weighted by Gasteiger charge is 2.18. The zero-order chi connectivity index (χ0) is 14.2. The van der Waals surface area contributed by atoms with E-state index in [4.69, 9.17) is 0 Å². The van der Waals surface area contributed by atoms with Crippen molar-refractivity contribution in [3.8, 4) is 0 Å². The molecule has 2 aromatic rings. The van der Waals surface area contributed by atoms with Crippen molar-refractivity contribution in [1.29, 1.82) is 0 Å². The summed E-state index contributed by atoms with van der Waals surface area (Å²) in [5.41, 5.74) is 2.45. The van der Waals surface area contributed by atoms with Gasteiger partial charge >= 0.3 is 0 Å². The van der Waals surface area contributed by atoms with Gasteiger partial charge in [0, 0.05) is 18.4 Å². The molecule has 2 aromatic heterocycles. The van der Waals surface area contributed by atoms with Crippen LogP contribution < -0.4 is 5.32 Å². The van der Waals surface area contributed by atoms with Crippen LogP contribution in [0.1, 0.15) is 48.9 Å². The van der Waals surface area contributed by atoms with E-state index < -0.39 is 0 Å². The Bertz CT molecular complexity index is 498. The van der Waals surface area contributed by atoms with Crippen LogP contribution in [0.2, 0.25) is 0 Å². The Morgan fingerprint density at radius 2 is 2.00 bits per heavy atom. The normalized spacial score (nSPS) is 12.5. The fourth-order valence-corrected chi connectivity index (χ4v) is 2.99. The predicted molar refractivity (Wildman–Crippen MR) is 82.9 cm³/mol. The topological polar surface area (TPSA) is 50.7 Å². The molecule has 2 heterocycles. The molecule has 0 amide bonds. The molecule has 0 aromatic carbocycles. The van der Waals surface area contributed by atoms with Gasteiger partial charge in [-0.3, -0.25) is 4.98 Å². The van der Waals surface area contributed by atoms with E-state index in [1.807, 2.05) is 12.4 Å². The van der Waals surface area contributed by atoms with E-state index in [-0.39, 0.29) is 0 Å². The molecular formula is C15H22N4S. The number of hydrogen-bond donors (Lipinski definition) is 1. The van der Waals surface area contributed by atoms with E-state index in [9.17, 15) is 0 Å². The summed E-state index contributed by atoms with van der Waals surface area (Å²) in [6.45, 7) is 5.38. The molecule has 0 radical (unpaired) electrons. The Morgan fingerprint density at radius 1 is 1.20 bits per heavy atom. The Balaban J connectivity index is 2.16. The third-order valence-electron chi connectivity index (χ3n) is 3.22. The maximum absolute atomic E-state index is 4.29. The predicted octanol–water partition coefficient (Wildman–Crippen LogP) is 3.17. The Morgan fingerprint density at radius 3 is 2.70 bits per heavy atom. The van der Waals surface area contributed by atoms with Crippen LogP contribution in [0.4, 0.5) is 0 Å². The van der Waals surface area contributed by atoms with Gasteiger partial charge in [-0.25, -0.2) is 0 Å². The lowest BCUT2D eigenvalue weighted by Gasteiger charge is -2.17. The second-order valence-electron chi connectivity index (χ2n) is 4.90. The van der Waals surface area contributed by atoms with Crippen molar-refractivity contribution in [2.45, 2.75) is 45.6 Å². The fraction of sp³-hybridized carbons (Fsp3) is 0.533. The van der Waals surface area contributed by atoms with Gasteiger partial charge in [-0.15, -0.1) is 5.10 Å². The third-order valence-corrected chi connectivity index (χ3v) is 4.10. The third kappa shape index (κ3) is 4.08. The molecule has 1 atom stereocenters. The molecule has 0 saturated heterocycles. The second kappa shape index (κ2) is 8.07. The first kappa shape index (κ1) is 15.1. The molecule has 0 bridgehead atoms. The van der Waals surface area contributed by atoms with Crippen LogP contribution in [0, 0.1) is 0 Å². The molecule has 108 valence electrons. The van der Waals surface area contributed by atoms with Crippen LogP contribution in [-0.2, 0) is 12.8 Å². The summed E-state index contributed by atoms with van der Waals surface area (Å²) in [7, 11) is 0. The van der Waals surface area contributed by atoms with Gasteiger partial charge in [0.2, 0.25) is 0 Å². The van der Waals surface area contributed by atoms with Gasteiger partial charge in [0.05, 0.1) is 10.6 Å². The van der Waals surface area contributed by atoms with E-state index in [0.717, 1.165) is 37.9 Å². The summed E-state index contributed by atoms with van der Waals surface area (Å²) < 4.78 is 4.15. The SMILES string of the molecule is CCCNC(Cc1ccncc1)c1snnc1CCC. The number of pyridine rings is 1. The van der Waals surface area contributed by atoms with Crippen molar-refractivity contribution < 1.29 is 0 Å².